The van der Waals surface area contributed by atoms with Crippen molar-refractivity contribution >= 4 is 39.8 Å². The molecule has 1 aromatic carbocycles. The smallest absolute Gasteiger partial charge is 0.141 e. The van der Waals surface area contributed by atoms with Crippen molar-refractivity contribution in [3.8, 4) is 22.8 Å². The summed E-state index contributed by atoms with van der Waals surface area (Å²) < 4.78 is 10.7. The van der Waals surface area contributed by atoms with Crippen molar-refractivity contribution in [2.75, 3.05) is 26.6 Å². The third-order valence-electron chi connectivity index (χ3n) is 3.92. The van der Waals surface area contributed by atoms with Crippen LogP contribution >= 0.6 is 23.2 Å². The third kappa shape index (κ3) is 4.42. The van der Waals surface area contributed by atoms with Gasteiger partial charge in [-0.1, -0.05) is 43.5 Å². The summed E-state index contributed by atoms with van der Waals surface area (Å²) in [5.74, 6) is 1.65. The summed E-state index contributed by atoms with van der Waals surface area (Å²) in [4.78, 5) is 9.04. The van der Waals surface area contributed by atoms with E-state index in [4.69, 9.17) is 32.7 Å². The molecule has 0 aliphatic rings. The molecule has 0 amide bonds. The highest BCUT2D eigenvalue weighted by Gasteiger charge is 2.21. The molecule has 0 radical (unpaired) electrons. The highest BCUT2D eigenvalue weighted by atomic mass is 35.5. The monoisotopic (exact) mass is 421 g/mol. The van der Waals surface area contributed by atoms with Crippen molar-refractivity contribution in [3.05, 3.63) is 40.1 Å². The molecule has 0 saturated heterocycles. The lowest BCUT2D eigenvalue weighted by Gasteiger charge is -2.16. The fourth-order valence-corrected chi connectivity index (χ4v) is 3.37. The van der Waals surface area contributed by atoms with E-state index in [-0.39, 0.29) is 0 Å². The Labute approximate surface area is 176 Å². The summed E-state index contributed by atoms with van der Waals surface area (Å²) in [6.45, 7) is 6.19. The molecule has 3 rings (SSSR count). The average molecular weight is 422 g/mol. The number of aromatic nitrogens is 2. The van der Waals surface area contributed by atoms with Gasteiger partial charge in [0.15, 0.2) is 0 Å². The molecule has 0 spiro atoms. The lowest BCUT2D eigenvalue weighted by atomic mass is 10.1. The predicted molar refractivity (Wildman–Crippen MR) is 118 cm³/mol. The van der Waals surface area contributed by atoms with Gasteiger partial charge in [0, 0.05) is 41.3 Å². The first-order valence-electron chi connectivity index (χ1n) is 8.97. The minimum atomic E-state index is 0.377. The van der Waals surface area contributed by atoms with Crippen molar-refractivity contribution < 1.29 is 9.47 Å². The van der Waals surface area contributed by atoms with Crippen molar-refractivity contribution in [2.45, 2.75) is 27.2 Å². The van der Waals surface area contributed by atoms with Gasteiger partial charge in [0.2, 0.25) is 0 Å². The van der Waals surface area contributed by atoms with Gasteiger partial charge in [-0.25, -0.2) is 4.98 Å². The minimum absolute atomic E-state index is 0.377. The van der Waals surface area contributed by atoms with E-state index in [2.05, 4.69) is 29.1 Å². The molecule has 0 bridgehead atoms. The number of halogens is 2. The Morgan fingerprint density at radius 2 is 1.57 bits per heavy atom. The molecule has 1 N–H and O–H groups in total. The number of hydrogen-bond donors (Lipinski definition) is 1. The first-order chi connectivity index (χ1) is 13.4. The van der Waals surface area contributed by atoms with Gasteiger partial charge in [-0.05, 0) is 19.1 Å². The van der Waals surface area contributed by atoms with Crippen molar-refractivity contribution in [1.29, 1.82) is 0 Å². The number of pyridine rings is 2. The molecule has 28 heavy (non-hydrogen) atoms. The molecule has 3 aromatic rings. The van der Waals surface area contributed by atoms with Crippen LogP contribution in [0.1, 0.15) is 26.0 Å². The Morgan fingerprint density at radius 1 is 1.00 bits per heavy atom. The third-order valence-corrected chi connectivity index (χ3v) is 4.67. The maximum absolute atomic E-state index is 6.51. The molecular formula is C21H25Cl2N3O2. The van der Waals surface area contributed by atoms with Gasteiger partial charge >= 0.3 is 0 Å². The summed E-state index contributed by atoms with van der Waals surface area (Å²) in [6.07, 6.45) is 3.05. The molecule has 0 fully saturated rings. The maximum atomic E-state index is 6.51. The van der Waals surface area contributed by atoms with E-state index in [0.717, 1.165) is 16.5 Å². The maximum Gasteiger partial charge on any atom is 0.141 e. The van der Waals surface area contributed by atoms with E-state index in [1.807, 2.05) is 26.1 Å². The summed E-state index contributed by atoms with van der Waals surface area (Å²) in [5, 5.41) is 5.77. The number of aryl methyl sites for hydroxylation is 1. The number of nitrogens with one attached hydrogen (secondary N) is 1. The van der Waals surface area contributed by atoms with Crippen LogP contribution in [0.4, 0.5) is 5.82 Å². The van der Waals surface area contributed by atoms with Gasteiger partial charge in [0.05, 0.1) is 30.0 Å². The van der Waals surface area contributed by atoms with E-state index in [1.54, 1.807) is 12.3 Å². The van der Waals surface area contributed by atoms with Crippen LogP contribution in [0.3, 0.4) is 0 Å². The molecule has 7 heteroatoms. The molecule has 0 aliphatic carbocycles. The van der Waals surface area contributed by atoms with Gasteiger partial charge in [0.25, 0.3) is 0 Å². The summed E-state index contributed by atoms with van der Waals surface area (Å²) in [7, 11) is 4.90. The number of rotatable bonds is 4. The lowest BCUT2D eigenvalue weighted by Crippen LogP contribution is -1.99. The second-order valence-corrected chi connectivity index (χ2v) is 6.90. The van der Waals surface area contributed by atoms with Crippen LogP contribution in [0.5, 0.6) is 11.5 Å². The van der Waals surface area contributed by atoms with E-state index in [9.17, 15) is 0 Å². The number of fused-ring (bicyclic) bond motifs is 1. The van der Waals surface area contributed by atoms with E-state index >= 15 is 0 Å². The van der Waals surface area contributed by atoms with Crippen LogP contribution in [-0.2, 0) is 0 Å². The lowest BCUT2D eigenvalue weighted by molar-refractivity contribution is 0.395. The Morgan fingerprint density at radius 3 is 2.07 bits per heavy atom. The van der Waals surface area contributed by atoms with E-state index < -0.39 is 0 Å². The van der Waals surface area contributed by atoms with Crippen LogP contribution in [0.15, 0.2) is 24.4 Å². The minimum Gasteiger partial charge on any atom is -0.495 e. The predicted octanol–water partition coefficient (Wildman–Crippen LogP) is 6.39. The summed E-state index contributed by atoms with van der Waals surface area (Å²) in [6, 6.07) is 5.53. The van der Waals surface area contributed by atoms with Crippen LogP contribution in [0, 0.1) is 6.92 Å². The Hall–Kier alpha value is -2.24. The largest absolute Gasteiger partial charge is 0.495 e. The quantitative estimate of drug-likeness (QED) is 0.528. The number of ether oxygens (including phenoxy) is 2. The number of benzene rings is 1. The first kappa shape index (κ1) is 22.1. The molecule has 5 nitrogen and oxygen atoms in total. The van der Waals surface area contributed by atoms with Crippen LogP contribution < -0.4 is 14.8 Å². The van der Waals surface area contributed by atoms with Gasteiger partial charge in [0.1, 0.15) is 17.3 Å². The van der Waals surface area contributed by atoms with Gasteiger partial charge < -0.3 is 14.8 Å². The molecule has 2 heterocycles. The van der Waals surface area contributed by atoms with Crippen LogP contribution in [0.25, 0.3) is 22.0 Å². The van der Waals surface area contributed by atoms with Crippen LogP contribution in [-0.4, -0.2) is 31.2 Å². The van der Waals surface area contributed by atoms with Gasteiger partial charge in [-0.2, -0.15) is 0 Å². The average Bonchev–Trinajstić information content (AvgIpc) is 2.68. The second-order valence-electron chi connectivity index (χ2n) is 6.14. The van der Waals surface area contributed by atoms with Crippen molar-refractivity contribution in [1.82, 2.24) is 9.97 Å². The zero-order valence-corrected chi connectivity index (χ0v) is 18.5. The molecule has 0 saturated carbocycles. The first-order valence-corrected chi connectivity index (χ1v) is 9.72. The molecule has 0 unspecified atom stereocenters. The molecule has 150 valence electrons. The standard InChI is InChI=1S/C18H17Cl2N3O2.C3H8/c1-9-5-11-10(8-22-9)6-12(23-18(11)21-2)15-16(19)13(24-3)7-14(25-4)17(15)20;1-3-2/h5-8H,1-4H3,(H,21,23);3H2,1-2H3. The fourth-order valence-electron chi connectivity index (χ4n) is 2.68. The highest BCUT2D eigenvalue weighted by Crippen LogP contribution is 2.46. The van der Waals surface area contributed by atoms with Crippen molar-refractivity contribution in [2.24, 2.45) is 0 Å². The number of nitrogens with zero attached hydrogens (tertiary/aromatic N) is 2. The van der Waals surface area contributed by atoms with E-state index in [1.165, 1.54) is 20.6 Å². The molecule has 0 aliphatic heterocycles. The number of anilines is 1. The zero-order valence-electron chi connectivity index (χ0n) is 17.0. The number of hydrogen-bond acceptors (Lipinski definition) is 5. The molecule has 2 aromatic heterocycles. The topological polar surface area (TPSA) is 56.3 Å². The summed E-state index contributed by atoms with van der Waals surface area (Å²) >= 11 is 13.0. The molecule has 0 atom stereocenters. The highest BCUT2D eigenvalue weighted by molar-refractivity contribution is 6.41. The van der Waals surface area contributed by atoms with Gasteiger partial charge in [-0.15, -0.1) is 0 Å². The Balaban J connectivity index is 0.000000878. The van der Waals surface area contributed by atoms with Crippen molar-refractivity contribution in [3.63, 3.8) is 0 Å². The van der Waals surface area contributed by atoms with Gasteiger partial charge in [-0.3, -0.25) is 4.98 Å². The fraction of sp³-hybridized carbons (Fsp3) is 0.333. The summed E-state index contributed by atoms with van der Waals surface area (Å²) in [5.41, 5.74) is 2.07. The van der Waals surface area contributed by atoms with Crippen LogP contribution in [0.2, 0.25) is 10.0 Å². The second kappa shape index (κ2) is 9.80. The Bertz CT molecular complexity index is 950. The SMILES string of the molecule is CCC.CNc1nc(-c2c(Cl)c(OC)cc(OC)c2Cl)cc2cnc(C)cc12. The normalized spacial score (nSPS) is 10.3. The zero-order chi connectivity index (χ0) is 20.8. The van der Waals surface area contributed by atoms with E-state index in [0.29, 0.717) is 38.6 Å². The number of methoxy groups -OCH3 is 2. The molecular weight excluding hydrogens is 397 g/mol. The Kier molecular flexibility index (Phi) is 7.72.